The largest absolute Gasteiger partial charge is 0.192 e. The Morgan fingerprint density at radius 1 is 1.75 bits per heavy atom. The Morgan fingerprint density at radius 3 is 2.75 bits per heavy atom. The van der Waals surface area contributed by atoms with Crippen LogP contribution in [0.5, 0.6) is 0 Å². The van der Waals surface area contributed by atoms with Crippen molar-refractivity contribution in [3.63, 3.8) is 0 Å². The van der Waals surface area contributed by atoms with Gasteiger partial charge in [0.15, 0.2) is 0 Å². The highest BCUT2D eigenvalue weighted by Gasteiger charge is 2.07. The van der Waals surface area contributed by atoms with E-state index < -0.39 is 0 Å². The zero-order chi connectivity index (χ0) is 5.98. The van der Waals surface area contributed by atoms with Gasteiger partial charge in [-0.05, 0) is 15.9 Å². The van der Waals surface area contributed by atoms with Crippen LogP contribution in [0.1, 0.15) is 0 Å². The summed E-state index contributed by atoms with van der Waals surface area (Å²) in [7, 11) is 0. The zero-order valence-electron chi connectivity index (χ0n) is 3.80. The first kappa shape index (κ1) is 5.32. The molecule has 0 aromatic carbocycles. The van der Waals surface area contributed by atoms with Crippen molar-refractivity contribution in [3.05, 3.63) is 11.8 Å². The number of nitrogens with zero attached hydrogens (tertiary/aromatic N) is 3. The minimum atomic E-state index is 0.477. The fourth-order valence-electron chi connectivity index (χ4n) is 0.319. The first-order chi connectivity index (χ1) is 3.84. The molecule has 0 N–H and O–H groups in total. The van der Waals surface area contributed by atoms with Gasteiger partial charge in [-0.2, -0.15) is 10.7 Å². The van der Waals surface area contributed by atoms with Crippen molar-refractivity contribution in [2.75, 3.05) is 0 Å². The number of hydrogen-bond donors (Lipinski definition) is 0. The lowest BCUT2D eigenvalue weighted by molar-refractivity contribution is 0.974. The molecule has 1 aliphatic heterocycles. The zero-order valence-corrected chi connectivity index (χ0v) is 5.38. The topological polar surface area (TPSA) is 50.2 Å². The summed E-state index contributed by atoms with van der Waals surface area (Å²) in [4.78, 5) is 0. The first-order valence-corrected chi connectivity index (χ1v) is 2.68. The SMILES string of the molecule is N#CC1=C[N]N=C1Br. The van der Waals surface area contributed by atoms with Gasteiger partial charge in [-0.3, -0.25) is 0 Å². The summed E-state index contributed by atoms with van der Waals surface area (Å²) < 4.78 is 0.514. The van der Waals surface area contributed by atoms with Crippen molar-refractivity contribution < 1.29 is 0 Å². The number of halogens is 1. The average molecular weight is 171 g/mol. The Hall–Kier alpha value is -0.820. The number of hydrogen-bond acceptors (Lipinski definition) is 2. The molecule has 0 bridgehead atoms. The van der Waals surface area contributed by atoms with Crippen molar-refractivity contribution in [1.82, 2.24) is 5.43 Å². The van der Waals surface area contributed by atoms with E-state index >= 15 is 0 Å². The van der Waals surface area contributed by atoms with Gasteiger partial charge in [-0.25, -0.2) is 0 Å². The van der Waals surface area contributed by atoms with Gasteiger partial charge in [0.25, 0.3) is 0 Å². The monoisotopic (exact) mass is 170 g/mol. The molecule has 0 fully saturated rings. The van der Waals surface area contributed by atoms with Gasteiger partial charge in [-0.1, -0.05) is 0 Å². The van der Waals surface area contributed by atoms with E-state index in [9.17, 15) is 0 Å². The van der Waals surface area contributed by atoms with Crippen LogP contribution < -0.4 is 5.43 Å². The van der Waals surface area contributed by atoms with Crippen LogP contribution in [-0.2, 0) is 0 Å². The lowest BCUT2D eigenvalue weighted by Crippen LogP contribution is -1.81. The van der Waals surface area contributed by atoms with Crippen LogP contribution in [0.15, 0.2) is 16.9 Å². The van der Waals surface area contributed by atoms with Gasteiger partial charge in [0.05, 0.1) is 6.20 Å². The highest BCUT2D eigenvalue weighted by molar-refractivity contribution is 9.18. The highest BCUT2D eigenvalue weighted by Crippen LogP contribution is 2.07. The molecule has 0 saturated carbocycles. The van der Waals surface area contributed by atoms with Crippen molar-refractivity contribution in [2.45, 2.75) is 0 Å². The summed E-state index contributed by atoms with van der Waals surface area (Å²) in [6, 6.07) is 1.90. The van der Waals surface area contributed by atoms with E-state index in [4.69, 9.17) is 5.26 Å². The fourth-order valence-corrected chi connectivity index (χ4v) is 0.602. The van der Waals surface area contributed by atoms with Crippen LogP contribution in [0.2, 0.25) is 0 Å². The van der Waals surface area contributed by atoms with Crippen LogP contribution in [0.4, 0.5) is 0 Å². The lowest BCUT2D eigenvalue weighted by Gasteiger charge is -1.76. The molecule has 3 nitrogen and oxygen atoms in total. The lowest BCUT2D eigenvalue weighted by atomic mass is 10.4. The van der Waals surface area contributed by atoms with E-state index in [1.807, 2.05) is 6.07 Å². The maximum Gasteiger partial charge on any atom is 0.148 e. The molecular weight excluding hydrogens is 170 g/mol. The molecule has 0 aromatic rings. The molecule has 0 saturated heterocycles. The normalized spacial score (nSPS) is 16.0. The molecule has 0 atom stereocenters. The summed E-state index contributed by atoms with van der Waals surface area (Å²) in [6.07, 6.45) is 1.41. The van der Waals surface area contributed by atoms with Gasteiger partial charge in [0.2, 0.25) is 0 Å². The van der Waals surface area contributed by atoms with E-state index in [-0.39, 0.29) is 0 Å². The van der Waals surface area contributed by atoms with Crippen LogP contribution in [0, 0.1) is 11.3 Å². The molecule has 0 spiro atoms. The van der Waals surface area contributed by atoms with Crippen LogP contribution in [0.25, 0.3) is 0 Å². The summed E-state index contributed by atoms with van der Waals surface area (Å²) in [5, 5.41) is 11.8. The Bertz CT molecular complexity index is 198. The van der Waals surface area contributed by atoms with E-state index in [1.54, 1.807) is 0 Å². The molecular formula is C4HBrN3. The number of nitriles is 1. The minimum absolute atomic E-state index is 0.477. The Morgan fingerprint density at radius 2 is 2.50 bits per heavy atom. The summed E-state index contributed by atoms with van der Waals surface area (Å²) in [5.41, 5.74) is 3.95. The van der Waals surface area contributed by atoms with E-state index in [0.29, 0.717) is 10.2 Å². The maximum absolute atomic E-state index is 8.25. The second kappa shape index (κ2) is 1.97. The standard InChI is InChI=1S/C4HBrN3/c5-4-3(1-6)2-7-8-4/h2H. The molecule has 0 unspecified atom stereocenters. The van der Waals surface area contributed by atoms with E-state index in [1.165, 1.54) is 6.20 Å². The maximum atomic E-state index is 8.25. The molecule has 1 aliphatic rings. The predicted octanol–water partition coefficient (Wildman–Crippen LogP) is 0.720. The third-order valence-corrected chi connectivity index (χ3v) is 1.26. The molecule has 0 amide bonds. The van der Waals surface area contributed by atoms with Gasteiger partial charge in [-0.15, -0.1) is 5.10 Å². The quantitative estimate of drug-likeness (QED) is 0.529. The van der Waals surface area contributed by atoms with Crippen molar-refractivity contribution in [3.8, 4) is 6.07 Å². The Balaban J connectivity index is 2.86. The molecule has 39 valence electrons. The van der Waals surface area contributed by atoms with Gasteiger partial charge < -0.3 is 0 Å². The highest BCUT2D eigenvalue weighted by atomic mass is 79.9. The fraction of sp³-hybridized carbons (Fsp3) is 0. The first-order valence-electron chi connectivity index (χ1n) is 1.88. The Kier molecular flexibility index (Phi) is 1.31. The molecule has 8 heavy (non-hydrogen) atoms. The van der Waals surface area contributed by atoms with Crippen LogP contribution in [-0.4, -0.2) is 4.62 Å². The predicted molar refractivity (Wildman–Crippen MR) is 32.2 cm³/mol. The van der Waals surface area contributed by atoms with E-state index in [0.717, 1.165) is 0 Å². The van der Waals surface area contributed by atoms with Crippen molar-refractivity contribution >= 4 is 20.6 Å². The second-order valence-electron chi connectivity index (χ2n) is 1.16. The smallest absolute Gasteiger partial charge is 0.148 e. The molecule has 1 rings (SSSR count). The van der Waals surface area contributed by atoms with Gasteiger partial charge in [0.1, 0.15) is 16.3 Å². The van der Waals surface area contributed by atoms with Crippen LogP contribution >= 0.6 is 15.9 Å². The van der Waals surface area contributed by atoms with Crippen molar-refractivity contribution in [1.29, 1.82) is 5.26 Å². The number of allylic oxidation sites excluding steroid dienone is 1. The summed E-state index contributed by atoms with van der Waals surface area (Å²) in [5.74, 6) is 0. The minimum Gasteiger partial charge on any atom is -0.192 e. The molecule has 0 aromatic heterocycles. The average Bonchev–Trinajstić information content (AvgIpc) is 2.14. The third kappa shape index (κ3) is 0.724. The molecule has 1 radical (unpaired) electrons. The third-order valence-electron chi connectivity index (χ3n) is 0.675. The van der Waals surface area contributed by atoms with Gasteiger partial charge in [0, 0.05) is 0 Å². The number of rotatable bonds is 0. The molecule has 0 aliphatic carbocycles. The Labute approximate surface area is 54.8 Å². The second-order valence-corrected chi connectivity index (χ2v) is 1.91. The summed E-state index contributed by atoms with van der Waals surface area (Å²) in [6.45, 7) is 0. The summed E-state index contributed by atoms with van der Waals surface area (Å²) >= 11 is 3.03. The van der Waals surface area contributed by atoms with Crippen LogP contribution in [0.3, 0.4) is 0 Å². The molecule has 4 heteroatoms. The van der Waals surface area contributed by atoms with E-state index in [2.05, 4.69) is 26.5 Å². The van der Waals surface area contributed by atoms with Gasteiger partial charge >= 0.3 is 0 Å². The molecule has 1 heterocycles. The van der Waals surface area contributed by atoms with Crippen molar-refractivity contribution in [2.24, 2.45) is 5.10 Å².